The maximum Gasteiger partial charge on any atom is 0.295 e. The molecule has 0 fully saturated rings. The van der Waals surface area contributed by atoms with Gasteiger partial charge in [0.2, 0.25) is 0 Å². The lowest BCUT2D eigenvalue weighted by Crippen LogP contribution is -2.01. The average Bonchev–Trinajstić information content (AvgIpc) is 2.92. The number of phenolic OH excluding ortho intramolecular Hbond substituents is 4. The van der Waals surface area contributed by atoms with Gasteiger partial charge in [-0.05, 0) is 59.7 Å². The molecule has 0 aromatic heterocycles. The molecule has 0 unspecified atom stereocenters. The molecule has 0 aliphatic carbocycles. The van der Waals surface area contributed by atoms with Gasteiger partial charge in [0.15, 0.2) is 23.0 Å². The molecule has 0 saturated heterocycles. The first kappa shape index (κ1) is 29.8. The van der Waals surface area contributed by atoms with Crippen molar-refractivity contribution in [3.63, 3.8) is 0 Å². The minimum atomic E-state index is -4.79. The van der Waals surface area contributed by atoms with Gasteiger partial charge in [-0.3, -0.25) is 9.11 Å². The number of phenols is 4. The third-order valence-electron chi connectivity index (χ3n) is 5.47. The van der Waals surface area contributed by atoms with E-state index in [1.165, 1.54) is 60.7 Å². The Morgan fingerprint density at radius 2 is 0.762 bits per heavy atom. The van der Waals surface area contributed by atoms with E-state index in [1.807, 2.05) is 0 Å². The monoisotopic (exact) mass is 612 g/mol. The van der Waals surface area contributed by atoms with Crippen molar-refractivity contribution in [3.8, 4) is 23.0 Å². The van der Waals surface area contributed by atoms with Crippen LogP contribution in [0.15, 0.2) is 103 Å². The summed E-state index contributed by atoms with van der Waals surface area (Å²) < 4.78 is 67.8. The van der Waals surface area contributed by atoms with Gasteiger partial charge < -0.3 is 20.4 Å². The molecule has 42 heavy (non-hydrogen) atoms. The fourth-order valence-corrected chi connectivity index (χ4v) is 4.86. The van der Waals surface area contributed by atoms with Crippen LogP contribution in [-0.4, -0.2) is 46.4 Å². The second-order valence-corrected chi connectivity index (χ2v) is 11.3. The first-order chi connectivity index (χ1) is 19.7. The number of aromatic hydroxyl groups is 4. The van der Waals surface area contributed by atoms with E-state index in [1.54, 1.807) is 0 Å². The van der Waals surface area contributed by atoms with Crippen LogP contribution in [0.2, 0.25) is 0 Å². The predicted molar refractivity (Wildman–Crippen MR) is 149 cm³/mol. The average molecular weight is 613 g/mol. The lowest BCUT2D eigenvalue weighted by atomic mass is 10.1. The van der Waals surface area contributed by atoms with Crippen molar-refractivity contribution in [1.29, 1.82) is 0 Å². The minimum absolute atomic E-state index is 0.00243. The molecule has 4 rings (SSSR count). The number of nitrogens with zero attached hydrogens (tertiary/aromatic N) is 4. The van der Waals surface area contributed by atoms with E-state index in [9.17, 15) is 46.4 Å². The summed E-state index contributed by atoms with van der Waals surface area (Å²) in [6, 6.07) is 14.6. The van der Waals surface area contributed by atoms with Gasteiger partial charge in [-0.25, -0.2) is 0 Å². The Morgan fingerprint density at radius 1 is 0.452 bits per heavy atom. The molecule has 0 saturated carbocycles. The van der Waals surface area contributed by atoms with Gasteiger partial charge in [0, 0.05) is 12.1 Å². The fraction of sp³-hybridized carbons (Fsp3) is 0. The van der Waals surface area contributed by atoms with Gasteiger partial charge in [-0.2, -0.15) is 37.3 Å². The first-order valence-electron chi connectivity index (χ1n) is 11.5. The molecule has 216 valence electrons. The molecule has 6 N–H and O–H groups in total. The topological polar surface area (TPSA) is 239 Å². The zero-order valence-electron chi connectivity index (χ0n) is 21.0. The van der Waals surface area contributed by atoms with Crippen molar-refractivity contribution < 1.29 is 46.4 Å². The van der Waals surface area contributed by atoms with Crippen LogP contribution in [0.1, 0.15) is 11.1 Å². The molecule has 4 aromatic rings. The SMILES string of the molecule is O=S(=O)(O)c1cc(N=Nc2ccc(O)c(O)c2)ccc1/C=C/c1ccc(N=Nc2ccc(O)c(O)c2)cc1S(=O)(=O)O. The third kappa shape index (κ3) is 7.32. The quantitative estimate of drug-likeness (QED) is 0.0586. The van der Waals surface area contributed by atoms with E-state index < -0.39 is 41.5 Å². The summed E-state index contributed by atoms with van der Waals surface area (Å²) in [5.41, 5.74) is 0.173. The van der Waals surface area contributed by atoms with Crippen molar-refractivity contribution in [3.05, 3.63) is 83.9 Å². The molecule has 16 heteroatoms. The lowest BCUT2D eigenvalue weighted by molar-refractivity contribution is 0.404. The van der Waals surface area contributed by atoms with E-state index in [4.69, 9.17) is 0 Å². The third-order valence-corrected chi connectivity index (χ3v) is 7.29. The fourth-order valence-electron chi connectivity index (χ4n) is 3.45. The Hall–Kier alpha value is -5.16. The van der Waals surface area contributed by atoms with Crippen molar-refractivity contribution in [1.82, 2.24) is 0 Å². The van der Waals surface area contributed by atoms with Gasteiger partial charge in [-0.1, -0.05) is 24.3 Å². The molecule has 0 aliphatic rings. The molecule has 0 atom stereocenters. The summed E-state index contributed by atoms with van der Waals surface area (Å²) in [5.74, 6) is -1.62. The van der Waals surface area contributed by atoms with Gasteiger partial charge in [0.05, 0.1) is 22.7 Å². The highest BCUT2D eigenvalue weighted by molar-refractivity contribution is 7.86. The Bertz CT molecular complexity index is 1850. The highest BCUT2D eigenvalue weighted by Gasteiger charge is 2.18. The smallest absolute Gasteiger partial charge is 0.295 e. The van der Waals surface area contributed by atoms with Crippen LogP contribution in [0.3, 0.4) is 0 Å². The van der Waals surface area contributed by atoms with Crippen LogP contribution < -0.4 is 0 Å². The predicted octanol–water partition coefficient (Wildman–Crippen LogP) is 6.00. The highest BCUT2D eigenvalue weighted by Crippen LogP contribution is 2.33. The lowest BCUT2D eigenvalue weighted by Gasteiger charge is -2.06. The van der Waals surface area contributed by atoms with E-state index in [2.05, 4.69) is 20.5 Å². The highest BCUT2D eigenvalue weighted by atomic mass is 32.2. The molecule has 0 spiro atoms. The standard InChI is InChI=1S/C26H20N4O10S2/c31-21-9-7-17(11-23(21)33)27-29-19-5-3-15(25(13-19)41(35,36)37)1-2-16-4-6-20(14-26(16)42(38,39)40)30-28-18-8-10-22(32)24(34)12-18/h1-14,31-34H,(H,35,36,37)(H,38,39,40)/b2-1+,29-27?,30-28?. The number of hydrogen-bond acceptors (Lipinski definition) is 12. The molecule has 0 aliphatic heterocycles. The summed E-state index contributed by atoms with van der Waals surface area (Å²) in [4.78, 5) is -1.17. The minimum Gasteiger partial charge on any atom is -0.504 e. The molecule has 0 bridgehead atoms. The summed E-state index contributed by atoms with van der Waals surface area (Å²) in [7, 11) is -9.59. The number of rotatable bonds is 8. The van der Waals surface area contributed by atoms with Crippen molar-refractivity contribution in [2.75, 3.05) is 0 Å². The van der Waals surface area contributed by atoms with Crippen molar-refractivity contribution >= 4 is 55.1 Å². The van der Waals surface area contributed by atoms with Crippen molar-refractivity contribution in [2.24, 2.45) is 20.5 Å². The molecule has 14 nitrogen and oxygen atoms in total. The Balaban J connectivity index is 1.66. The maximum absolute atomic E-state index is 12.1. The second kappa shape index (κ2) is 11.8. The van der Waals surface area contributed by atoms with E-state index in [0.717, 1.165) is 24.3 Å². The summed E-state index contributed by atoms with van der Waals surface area (Å²) in [5, 5.41) is 53.3. The zero-order valence-corrected chi connectivity index (χ0v) is 22.6. The Morgan fingerprint density at radius 3 is 1.07 bits per heavy atom. The van der Waals surface area contributed by atoms with Crippen LogP contribution in [0.4, 0.5) is 22.7 Å². The maximum atomic E-state index is 12.1. The molecular formula is C26H20N4O10S2. The molecule has 4 aromatic carbocycles. The largest absolute Gasteiger partial charge is 0.504 e. The van der Waals surface area contributed by atoms with Crippen LogP contribution in [-0.2, 0) is 20.2 Å². The van der Waals surface area contributed by atoms with Crippen LogP contribution >= 0.6 is 0 Å². The molecule has 0 radical (unpaired) electrons. The Kier molecular flexibility index (Phi) is 8.34. The first-order valence-corrected chi connectivity index (χ1v) is 14.4. The van der Waals surface area contributed by atoms with Crippen LogP contribution in [0, 0.1) is 0 Å². The molecule has 0 heterocycles. The van der Waals surface area contributed by atoms with Gasteiger partial charge in [0.25, 0.3) is 20.2 Å². The number of azo groups is 2. The Labute approximate surface area is 238 Å². The molecule has 0 amide bonds. The molecular weight excluding hydrogens is 592 g/mol. The van der Waals surface area contributed by atoms with Gasteiger partial charge in [-0.15, -0.1) is 0 Å². The summed E-state index contributed by atoms with van der Waals surface area (Å²) in [6.07, 6.45) is 2.37. The van der Waals surface area contributed by atoms with Gasteiger partial charge >= 0.3 is 0 Å². The van der Waals surface area contributed by atoms with Crippen LogP contribution in [0.25, 0.3) is 12.2 Å². The summed E-state index contributed by atoms with van der Waals surface area (Å²) in [6.45, 7) is 0. The number of hydrogen-bond donors (Lipinski definition) is 6. The van der Waals surface area contributed by atoms with Gasteiger partial charge in [0.1, 0.15) is 9.79 Å². The number of benzene rings is 4. The van der Waals surface area contributed by atoms with E-state index >= 15 is 0 Å². The summed E-state index contributed by atoms with van der Waals surface area (Å²) >= 11 is 0. The normalized spacial score (nSPS) is 12.5. The van der Waals surface area contributed by atoms with E-state index in [-0.39, 0.29) is 45.4 Å². The zero-order chi connectivity index (χ0) is 30.7. The van der Waals surface area contributed by atoms with Crippen molar-refractivity contribution in [2.45, 2.75) is 9.79 Å². The second-order valence-electron chi connectivity index (χ2n) is 8.47. The van der Waals surface area contributed by atoms with Crippen LogP contribution in [0.5, 0.6) is 23.0 Å². The van der Waals surface area contributed by atoms with E-state index in [0.29, 0.717) is 0 Å².